The third-order valence-corrected chi connectivity index (χ3v) is 3.23. The van der Waals surface area contributed by atoms with Gasteiger partial charge in [-0.2, -0.15) is 0 Å². The lowest BCUT2D eigenvalue weighted by molar-refractivity contribution is -0.120. The van der Waals surface area contributed by atoms with Gasteiger partial charge in [0, 0.05) is 29.9 Å². The van der Waals surface area contributed by atoms with E-state index in [0.29, 0.717) is 24.2 Å². The summed E-state index contributed by atoms with van der Waals surface area (Å²) >= 11 is 0. The van der Waals surface area contributed by atoms with E-state index in [4.69, 9.17) is 0 Å². The highest BCUT2D eigenvalue weighted by Gasteiger charge is 2.25. The van der Waals surface area contributed by atoms with E-state index < -0.39 is 6.03 Å². The topological polar surface area (TPSA) is 79.4 Å². The van der Waals surface area contributed by atoms with Crippen LogP contribution >= 0.6 is 0 Å². The van der Waals surface area contributed by atoms with E-state index in [2.05, 4.69) is 10.3 Å². The molecule has 0 spiro atoms. The molecule has 3 amide bonds. The van der Waals surface area contributed by atoms with Crippen LogP contribution in [0.25, 0.3) is 10.8 Å². The molecule has 6 nitrogen and oxygen atoms in total. The predicted molar refractivity (Wildman–Crippen MR) is 72.6 cm³/mol. The van der Waals surface area contributed by atoms with Gasteiger partial charge >= 0.3 is 6.03 Å². The molecule has 100 valence electrons. The molecule has 1 fully saturated rings. The summed E-state index contributed by atoms with van der Waals surface area (Å²) in [5.41, 5.74) is 0.969. The number of carbonyl (C=O) groups is 3. The highest BCUT2D eigenvalue weighted by molar-refractivity contribution is 6.10. The van der Waals surface area contributed by atoms with Crippen LogP contribution < -0.4 is 10.2 Å². The van der Waals surface area contributed by atoms with E-state index in [0.717, 1.165) is 10.8 Å². The number of imide groups is 1. The molecule has 1 aromatic heterocycles. The Kier molecular flexibility index (Phi) is 2.90. The Balaban J connectivity index is 2.13. The normalized spacial score (nSPS) is 15.3. The van der Waals surface area contributed by atoms with E-state index in [-0.39, 0.29) is 12.3 Å². The van der Waals surface area contributed by atoms with Crippen molar-refractivity contribution in [3.63, 3.8) is 0 Å². The van der Waals surface area contributed by atoms with E-state index >= 15 is 0 Å². The number of benzene rings is 1. The predicted octanol–water partition coefficient (Wildman–Crippen LogP) is 1.49. The zero-order valence-corrected chi connectivity index (χ0v) is 10.5. The summed E-state index contributed by atoms with van der Waals surface area (Å²) in [5.74, 6) is -0.276. The number of urea groups is 1. The maximum absolute atomic E-state index is 11.9. The Hall–Kier alpha value is -2.76. The van der Waals surface area contributed by atoms with Crippen LogP contribution in [0.2, 0.25) is 0 Å². The Bertz CT molecular complexity index is 727. The lowest BCUT2D eigenvalue weighted by Gasteiger charge is -2.27. The molecule has 0 saturated carbocycles. The monoisotopic (exact) mass is 269 g/mol. The van der Waals surface area contributed by atoms with Crippen molar-refractivity contribution in [2.75, 3.05) is 11.4 Å². The zero-order valence-electron chi connectivity index (χ0n) is 10.5. The van der Waals surface area contributed by atoms with Crippen LogP contribution in [0.5, 0.6) is 0 Å². The number of aromatic nitrogens is 1. The number of carbonyl (C=O) groups excluding carboxylic acids is 3. The molecule has 1 N–H and O–H groups in total. The standard InChI is InChI=1S/C14H11N3O3/c18-8-10-6-11-9(7-15-10)2-1-3-12(11)17-5-4-13(19)16-14(17)20/h1-3,6-8H,4-5H2,(H,16,19,20). The van der Waals surface area contributed by atoms with Gasteiger partial charge in [0.05, 0.1) is 5.69 Å². The Morgan fingerprint density at radius 2 is 2.15 bits per heavy atom. The Labute approximate surface area is 114 Å². The third-order valence-electron chi connectivity index (χ3n) is 3.23. The number of hydrogen-bond donors (Lipinski definition) is 1. The molecule has 1 aromatic carbocycles. The second kappa shape index (κ2) is 4.73. The molecule has 0 atom stereocenters. The Morgan fingerprint density at radius 1 is 1.30 bits per heavy atom. The molecular formula is C14H11N3O3. The molecule has 1 saturated heterocycles. The van der Waals surface area contributed by atoms with Crippen molar-refractivity contribution >= 4 is 34.7 Å². The minimum absolute atomic E-state index is 0.258. The number of nitrogens with one attached hydrogen (secondary N) is 1. The summed E-state index contributed by atoms with van der Waals surface area (Å²) in [6.45, 7) is 0.322. The van der Waals surface area contributed by atoms with Crippen LogP contribution in [-0.4, -0.2) is 29.8 Å². The average molecular weight is 269 g/mol. The van der Waals surface area contributed by atoms with E-state index in [1.165, 1.54) is 4.90 Å². The lowest BCUT2D eigenvalue weighted by atomic mass is 10.1. The van der Waals surface area contributed by atoms with Gasteiger partial charge in [-0.05, 0) is 12.1 Å². The van der Waals surface area contributed by atoms with E-state index in [1.54, 1.807) is 18.3 Å². The molecule has 1 aliphatic heterocycles. The first-order valence-electron chi connectivity index (χ1n) is 6.14. The van der Waals surface area contributed by atoms with Crippen molar-refractivity contribution < 1.29 is 14.4 Å². The first-order chi connectivity index (χ1) is 9.69. The van der Waals surface area contributed by atoms with Gasteiger partial charge in [0.2, 0.25) is 5.91 Å². The molecule has 2 heterocycles. The maximum atomic E-state index is 11.9. The number of aldehydes is 1. The van der Waals surface area contributed by atoms with Crippen LogP contribution in [0.3, 0.4) is 0 Å². The van der Waals surface area contributed by atoms with Gasteiger partial charge in [-0.25, -0.2) is 4.79 Å². The first-order valence-corrected chi connectivity index (χ1v) is 6.14. The van der Waals surface area contributed by atoms with Crippen molar-refractivity contribution in [2.45, 2.75) is 6.42 Å². The molecule has 3 rings (SSSR count). The summed E-state index contributed by atoms with van der Waals surface area (Å²) in [7, 11) is 0. The average Bonchev–Trinajstić information content (AvgIpc) is 2.46. The van der Waals surface area contributed by atoms with Crippen LogP contribution in [0.1, 0.15) is 16.9 Å². The summed E-state index contributed by atoms with van der Waals surface area (Å²) in [6.07, 6.45) is 2.51. The summed E-state index contributed by atoms with van der Waals surface area (Å²) in [6, 6.07) is 6.64. The smallest absolute Gasteiger partial charge is 0.296 e. The fourth-order valence-corrected chi connectivity index (χ4v) is 2.26. The van der Waals surface area contributed by atoms with Gasteiger partial charge in [0.15, 0.2) is 6.29 Å². The molecule has 2 aromatic rings. The van der Waals surface area contributed by atoms with Gasteiger partial charge in [0.25, 0.3) is 0 Å². The van der Waals surface area contributed by atoms with Crippen molar-refractivity contribution in [3.05, 3.63) is 36.2 Å². The fraction of sp³-hybridized carbons (Fsp3) is 0.143. The number of hydrogen-bond acceptors (Lipinski definition) is 4. The molecule has 0 aliphatic carbocycles. The summed E-state index contributed by atoms with van der Waals surface area (Å²) in [4.78, 5) is 39.5. The van der Waals surface area contributed by atoms with Crippen molar-refractivity contribution in [1.82, 2.24) is 10.3 Å². The highest BCUT2D eigenvalue weighted by Crippen LogP contribution is 2.27. The molecule has 6 heteroatoms. The van der Waals surface area contributed by atoms with Crippen LogP contribution in [0.15, 0.2) is 30.5 Å². The molecule has 0 bridgehead atoms. The number of anilines is 1. The number of fused-ring (bicyclic) bond motifs is 1. The van der Waals surface area contributed by atoms with Crippen molar-refractivity contribution in [3.8, 4) is 0 Å². The van der Waals surface area contributed by atoms with Gasteiger partial charge in [0.1, 0.15) is 5.69 Å². The minimum atomic E-state index is -0.446. The molecule has 0 unspecified atom stereocenters. The lowest BCUT2D eigenvalue weighted by Crippen LogP contribution is -2.49. The molecule has 20 heavy (non-hydrogen) atoms. The van der Waals surface area contributed by atoms with Crippen LogP contribution in [0.4, 0.5) is 10.5 Å². The van der Waals surface area contributed by atoms with Gasteiger partial charge in [-0.15, -0.1) is 0 Å². The number of amides is 3. The van der Waals surface area contributed by atoms with Gasteiger partial charge < -0.3 is 0 Å². The molecule has 0 radical (unpaired) electrons. The van der Waals surface area contributed by atoms with Crippen molar-refractivity contribution in [1.29, 1.82) is 0 Å². The summed E-state index contributed by atoms with van der Waals surface area (Å²) < 4.78 is 0. The van der Waals surface area contributed by atoms with E-state index in [9.17, 15) is 14.4 Å². The molecular weight excluding hydrogens is 258 g/mol. The largest absolute Gasteiger partial charge is 0.328 e. The minimum Gasteiger partial charge on any atom is -0.296 e. The maximum Gasteiger partial charge on any atom is 0.328 e. The van der Waals surface area contributed by atoms with Gasteiger partial charge in [-0.3, -0.25) is 24.8 Å². The van der Waals surface area contributed by atoms with Crippen LogP contribution in [0, 0.1) is 0 Å². The van der Waals surface area contributed by atoms with Gasteiger partial charge in [-0.1, -0.05) is 12.1 Å². The van der Waals surface area contributed by atoms with Crippen molar-refractivity contribution in [2.24, 2.45) is 0 Å². The first kappa shape index (κ1) is 12.3. The Morgan fingerprint density at radius 3 is 2.90 bits per heavy atom. The second-order valence-corrected chi connectivity index (χ2v) is 4.48. The molecule has 1 aliphatic rings. The number of nitrogens with zero attached hydrogens (tertiary/aromatic N) is 2. The van der Waals surface area contributed by atoms with E-state index in [1.807, 2.05) is 12.1 Å². The van der Waals surface area contributed by atoms with Crippen LogP contribution in [-0.2, 0) is 4.79 Å². The number of rotatable bonds is 2. The summed E-state index contributed by atoms with van der Waals surface area (Å²) in [5, 5.41) is 3.87. The quantitative estimate of drug-likeness (QED) is 0.838. The fourth-order valence-electron chi connectivity index (χ4n) is 2.26. The highest BCUT2D eigenvalue weighted by atomic mass is 16.2. The zero-order chi connectivity index (χ0) is 14.1. The SMILES string of the molecule is O=Cc1cc2c(N3CCC(=O)NC3=O)cccc2cn1. The third kappa shape index (κ3) is 2.01. The number of pyridine rings is 1. The second-order valence-electron chi connectivity index (χ2n) is 4.48.